The van der Waals surface area contributed by atoms with Gasteiger partial charge in [0.15, 0.2) is 11.6 Å². The Bertz CT molecular complexity index is 1640. The molecule has 164 valence electrons. The molecule has 4 heterocycles. The molecule has 0 aliphatic heterocycles. The largest absolute Gasteiger partial charge is 0.340 e. The highest BCUT2D eigenvalue weighted by molar-refractivity contribution is 7.20. The number of carbonyl (C=O) groups excluding carboxylic acids is 1. The van der Waals surface area contributed by atoms with E-state index in [1.165, 1.54) is 11.3 Å². The Kier molecular flexibility index (Phi) is 5.04. The summed E-state index contributed by atoms with van der Waals surface area (Å²) < 4.78 is 1.03. The second kappa shape index (κ2) is 8.49. The number of aromatic amines is 1. The number of benzene rings is 2. The van der Waals surface area contributed by atoms with Gasteiger partial charge in [-0.25, -0.2) is 9.97 Å². The maximum atomic E-state index is 12.8. The fourth-order valence-corrected chi connectivity index (χ4v) is 4.86. The molecule has 0 saturated carbocycles. The van der Waals surface area contributed by atoms with Crippen molar-refractivity contribution in [2.75, 3.05) is 5.32 Å². The number of thiophene rings is 1. The Morgan fingerprint density at radius 3 is 2.85 bits per heavy atom. The van der Waals surface area contributed by atoms with Crippen LogP contribution in [0.1, 0.15) is 15.2 Å². The van der Waals surface area contributed by atoms with Gasteiger partial charge in [-0.3, -0.25) is 14.9 Å². The number of anilines is 2. The van der Waals surface area contributed by atoms with E-state index >= 15 is 0 Å². The summed E-state index contributed by atoms with van der Waals surface area (Å²) in [6.07, 6.45) is 7.31. The van der Waals surface area contributed by atoms with Gasteiger partial charge < -0.3 is 5.32 Å². The van der Waals surface area contributed by atoms with Crippen LogP contribution in [-0.2, 0) is 6.42 Å². The van der Waals surface area contributed by atoms with Crippen LogP contribution in [0.3, 0.4) is 0 Å². The number of hydrogen-bond donors (Lipinski definition) is 2. The Morgan fingerprint density at radius 2 is 1.94 bits per heavy atom. The van der Waals surface area contributed by atoms with Gasteiger partial charge in [0.1, 0.15) is 5.82 Å². The first kappa shape index (κ1) is 20.2. The van der Waals surface area contributed by atoms with Crippen LogP contribution in [0.25, 0.3) is 32.4 Å². The van der Waals surface area contributed by atoms with Gasteiger partial charge in [0.2, 0.25) is 0 Å². The van der Waals surface area contributed by atoms with Crippen molar-refractivity contribution in [1.29, 1.82) is 0 Å². The number of Topliss-reactive ketones (excluding diaryl/α,β-unsaturated/α-hetero) is 1. The first-order valence-corrected chi connectivity index (χ1v) is 11.5. The molecule has 0 bridgehead atoms. The van der Waals surface area contributed by atoms with Crippen molar-refractivity contribution in [3.05, 3.63) is 95.9 Å². The van der Waals surface area contributed by atoms with Crippen LogP contribution in [0.2, 0.25) is 0 Å². The number of aromatic nitrogens is 5. The lowest BCUT2D eigenvalue weighted by atomic mass is 10.1. The third-order valence-electron chi connectivity index (χ3n) is 5.51. The summed E-state index contributed by atoms with van der Waals surface area (Å²) in [5, 5.41) is 12.4. The molecule has 2 N–H and O–H groups in total. The summed E-state index contributed by atoms with van der Waals surface area (Å²) in [5.74, 6) is 1.41. The lowest BCUT2D eigenvalue weighted by Gasteiger charge is -2.07. The Morgan fingerprint density at radius 1 is 0.971 bits per heavy atom. The van der Waals surface area contributed by atoms with Gasteiger partial charge in [0.05, 0.1) is 16.6 Å². The number of rotatable bonds is 6. The van der Waals surface area contributed by atoms with Crippen molar-refractivity contribution < 1.29 is 4.79 Å². The quantitative estimate of drug-likeness (QED) is 0.304. The van der Waals surface area contributed by atoms with Crippen LogP contribution >= 0.6 is 11.3 Å². The number of nitrogens with zero attached hydrogens (tertiary/aromatic N) is 4. The number of ketones is 1. The van der Waals surface area contributed by atoms with E-state index in [9.17, 15) is 4.79 Å². The molecule has 0 spiro atoms. The zero-order valence-electron chi connectivity index (χ0n) is 17.9. The van der Waals surface area contributed by atoms with Gasteiger partial charge in [0.25, 0.3) is 0 Å². The third kappa shape index (κ3) is 4.02. The van der Waals surface area contributed by atoms with Gasteiger partial charge in [-0.1, -0.05) is 18.2 Å². The van der Waals surface area contributed by atoms with E-state index in [0.717, 1.165) is 42.7 Å². The molecule has 8 heteroatoms. The van der Waals surface area contributed by atoms with E-state index in [2.05, 4.69) is 25.5 Å². The van der Waals surface area contributed by atoms with Crippen LogP contribution in [0, 0.1) is 0 Å². The van der Waals surface area contributed by atoms with E-state index < -0.39 is 0 Å². The summed E-state index contributed by atoms with van der Waals surface area (Å²) in [6, 6.07) is 19.6. The summed E-state index contributed by atoms with van der Waals surface area (Å²) in [6.45, 7) is 0. The molecule has 0 fully saturated rings. The first-order chi connectivity index (χ1) is 16.7. The van der Waals surface area contributed by atoms with E-state index in [4.69, 9.17) is 4.98 Å². The topological polar surface area (TPSA) is 96.5 Å². The van der Waals surface area contributed by atoms with E-state index in [1.807, 2.05) is 60.7 Å². The standard InChI is InChI=1S/C26H18N6OS/c33-22(10-16-2-1-8-27-14-16)24-12-17-3-4-18(13-23(17)34-24)26-28-9-7-25(31-26)30-20-5-6-21-19(11-20)15-29-32-21/h1-9,11-15H,10H2,(H,29,32)(H,28,30,31). The Hall–Kier alpha value is -4.43. The first-order valence-electron chi connectivity index (χ1n) is 10.7. The number of H-pyrrole nitrogens is 1. The highest BCUT2D eigenvalue weighted by Gasteiger charge is 2.13. The second-order valence-corrected chi connectivity index (χ2v) is 8.97. The summed E-state index contributed by atoms with van der Waals surface area (Å²) in [4.78, 5) is 26.8. The predicted octanol–water partition coefficient (Wildman–Crippen LogP) is 5.80. The van der Waals surface area contributed by atoms with Crippen molar-refractivity contribution >= 4 is 49.6 Å². The smallest absolute Gasteiger partial charge is 0.177 e. The van der Waals surface area contributed by atoms with Gasteiger partial charge in [-0.2, -0.15) is 5.10 Å². The molecule has 0 saturated heterocycles. The zero-order valence-corrected chi connectivity index (χ0v) is 18.7. The molecule has 7 nitrogen and oxygen atoms in total. The molecule has 6 rings (SSSR count). The third-order valence-corrected chi connectivity index (χ3v) is 6.65. The molecule has 4 aromatic heterocycles. The minimum atomic E-state index is 0.0905. The predicted molar refractivity (Wildman–Crippen MR) is 134 cm³/mol. The second-order valence-electron chi connectivity index (χ2n) is 7.89. The molecule has 0 aliphatic carbocycles. The number of carbonyl (C=O) groups is 1. The summed E-state index contributed by atoms with van der Waals surface area (Å²) in [7, 11) is 0. The van der Waals surface area contributed by atoms with E-state index in [-0.39, 0.29) is 5.78 Å². The average molecular weight is 463 g/mol. The van der Waals surface area contributed by atoms with Crippen LogP contribution < -0.4 is 5.32 Å². The van der Waals surface area contributed by atoms with Crippen molar-refractivity contribution in [1.82, 2.24) is 25.1 Å². The maximum Gasteiger partial charge on any atom is 0.177 e. The lowest BCUT2D eigenvalue weighted by molar-refractivity contribution is 0.0997. The van der Waals surface area contributed by atoms with Gasteiger partial charge in [-0.15, -0.1) is 11.3 Å². The van der Waals surface area contributed by atoms with Crippen molar-refractivity contribution in [2.45, 2.75) is 6.42 Å². The van der Waals surface area contributed by atoms with Gasteiger partial charge in [-0.05, 0) is 53.4 Å². The Labute approximate surface area is 198 Å². The highest BCUT2D eigenvalue weighted by Crippen LogP contribution is 2.31. The lowest BCUT2D eigenvalue weighted by Crippen LogP contribution is -2.00. The number of fused-ring (bicyclic) bond motifs is 2. The minimum absolute atomic E-state index is 0.0905. The van der Waals surface area contributed by atoms with Crippen LogP contribution in [0.15, 0.2) is 85.5 Å². The van der Waals surface area contributed by atoms with Crippen LogP contribution in [0.5, 0.6) is 0 Å². The molecule has 2 aromatic carbocycles. The van der Waals surface area contributed by atoms with Crippen molar-refractivity contribution in [3.8, 4) is 11.4 Å². The molecule has 0 unspecified atom stereocenters. The van der Waals surface area contributed by atoms with Crippen molar-refractivity contribution in [2.24, 2.45) is 0 Å². The number of hydrogen-bond acceptors (Lipinski definition) is 7. The van der Waals surface area contributed by atoms with Gasteiger partial charge in [0, 0.05) is 46.3 Å². The Balaban J connectivity index is 1.25. The van der Waals surface area contributed by atoms with E-state index in [0.29, 0.717) is 18.1 Å². The van der Waals surface area contributed by atoms with Crippen LogP contribution in [0.4, 0.5) is 11.5 Å². The molecule has 6 aromatic rings. The fourth-order valence-electron chi connectivity index (χ4n) is 3.82. The SMILES string of the molecule is O=C(Cc1cccnc1)c1cc2ccc(-c3nccc(Nc4ccc5[nH]ncc5c4)n3)cc2s1. The molecule has 0 radical (unpaired) electrons. The molecular formula is C26H18N6OS. The molecule has 0 atom stereocenters. The molecule has 0 aliphatic rings. The highest BCUT2D eigenvalue weighted by atomic mass is 32.1. The molecule has 0 amide bonds. The number of pyridine rings is 1. The summed E-state index contributed by atoms with van der Waals surface area (Å²) in [5.41, 5.74) is 3.71. The van der Waals surface area contributed by atoms with Crippen molar-refractivity contribution in [3.63, 3.8) is 0 Å². The zero-order chi connectivity index (χ0) is 22.9. The van der Waals surface area contributed by atoms with E-state index in [1.54, 1.807) is 24.8 Å². The average Bonchev–Trinajstić information content (AvgIpc) is 3.51. The van der Waals surface area contributed by atoms with Gasteiger partial charge >= 0.3 is 0 Å². The fraction of sp³-hybridized carbons (Fsp3) is 0.0385. The number of nitrogens with one attached hydrogen (secondary N) is 2. The molecule has 34 heavy (non-hydrogen) atoms. The van der Waals surface area contributed by atoms with Crippen LogP contribution in [-0.4, -0.2) is 30.9 Å². The monoisotopic (exact) mass is 462 g/mol. The summed E-state index contributed by atoms with van der Waals surface area (Å²) >= 11 is 1.49. The maximum absolute atomic E-state index is 12.8. The molecular weight excluding hydrogens is 444 g/mol. The normalized spacial score (nSPS) is 11.2. The minimum Gasteiger partial charge on any atom is -0.340 e.